The molecule has 0 aromatic heterocycles. The van der Waals surface area contributed by atoms with E-state index in [0.717, 1.165) is 41.3 Å². The van der Waals surface area contributed by atoms with Crippen LogP contribution in [0.1, 0.15) is 32.6 Å². The fraction of sp³-hybridized carbons (Fsp3) is 0.235. The molecule has 0 saturated carbocycles. The van der Waals surface area contributed by atoms with E-state index in [9.17, 15) is 4.79 Å². The van der Waals surface area contributed by atoms with E-state index in [1.54, 1.807) is 12.1 Å². The quantitative estimate of drug-likeness (QED) is 0.936. The number of rotatable bonds is 3. The first-order chi connectivity index (χ1) is 10.0. The molecular weight excluding hydrogens is 286 g/mol. The molecule has 4 heteroatoms. The van der Waals surface area contributed by atoms with E-state index >= 15 is 0 Å². The number of nitrogens with zero attached hydrogens (tertiary/aromatic N) is 1. The summed E-state index contributed by atoms with van der Waals surface area (Å²) in [6, 6.07) is 11.5. The maximum atomic E-state index is 11.0. The van der Waals surface area contributed by atoms with Gasteiger partial charge in [-0.2, -0.15) is 0 Å². The van der Waals surface area contributed by atoms with E-state index in [0.29, 0.717) is 5.56 Å². The van der Waals surface area contributed by atoms with Crippen molar-refractivity contribution in [3.8, 4) is 0 Å². The highest BCUT2D eigenvalue weighted by molar-refractivity contribution is 6.31. The molecule has 0 spiro atoms. The van der Waals surface area contributed by atoms with Crippen molar-refractivity contribution < 1.29 is 9.90 Å². The third-order valence-electron chi connectivity index (χ3n) is 3.84. The fourth-order valence-corrected chi connectivity index (χ4v) is 3.03. The van der Waals surface area contributed by atoms with Crippen LogP contribution < -0.4 is 0 Å². The number of halogens is 1. The molecule has 2 aromatic carbocycles. The van der Waals surface area contributed by atoms with Crippen molar-refractivity contribution >= 4 is 17.6 Å². The van der Waals surface area contributed by atoms with Crippen molar-refractivity contribution in [1.29, 1.82) is 0 Å². The van der Waals surface area contributed by atoms with Crippen LogP contribution in [0.4, 0.5) is 0 Å². The summed E-state index contributed by atoms with van der Waals surface area (Å²) < 4.78 is 0. The molecule has 21 heavy (non-hydrogen) atoms. The smallest absolute Gasteiger partial charge is 0.335 e. The van der Waals surface area contributed by atoms with Crippen LogP contribution in [0.3, 0.4) is 0 Å². The minimum atomic E-state index is -0.877. The number of carboxylic acids is 1. The number of benzene rings is 2. The predicted molar refractivity (Wildman–Crippen MR) is 82.5 cm³/mol. The number of aromatic carboxylic acids is 1. The average molecular weight is 302 g/mol. The van der Waals surface area contributed by atoms with Crippen molar-refractivity contribution in [2.45, 2.75) is 26.6 Å². The zero-order valence-electron chi connectivity index (χ0n) is 11.8. The second-order valence-corrected chi connectivity index (χ2v) is 5.94. The molecule has 1 N–H and O–H groups in total. The van der Waals surface area contributed by atoms with Crippen LogP contribution in [-0.2, 0) is 19.6 Å². The molecule has 1 heterocycles. The third kappa shape index (κ3) is 2.94. The first-order valence-electron chi connectivity index (χ1n) is 6.85. The Morgan fingerprint density at radius 2 is 1.95 bits per heavy atom. The Labute approximate surface area is 128 Å². The Hall–Kier alpha value is -1.84. The van der Waals surface area contributed by atoms with Gasteiger partial charge in [0.05, 0.1) is 5.56 Å². The van der Waals surface area contributed by atoms with Gasteiger partial charge in [0, 0.05) is 24.7 Å². The van der Waals surface area contributed by atoms with Gasteiger partial charge < -0.3 is 5.11 Å². The minimum Gasteiger partial charge on any atom is -0.478 e. The van der Waals surface area contributed by atoms with Crippen LogP contribution >= 0.6 is 11.6 Å². The summed E-state index contributed by atoms with van der Waals surface area (Å²) >= 11 is 6.28. The number of aryl methyl sites for hydroxylation is 1. The Balaban J connectivity index is 1.77. The van der Waals surface area contributed by atoms with E-state index < -0.39 is 5.97 Å². The van der Waals surface area contributed by atoms with Gasteiger partial charge in [-0.1, -0.05) is 29.8 Å². The van der Waals surface area contributed by atoms with E-state index in [-0.39, 0.29) is 0 Å². The topological polar surface area (TPSA) is 40.5 Å². The highest BCUT2D eigenvalue weighted by atomic mass is 35.5. The van der Waals surface area contributed by atoms with Crippen molar-refractivity contribution in [3.05, 3.63) is 69.2 Å². The molecule has 0 fully saturated rings. The molecule has 0 bridgehead atoms. The number of fused-ring (bicyclic) bond motifs is 1. The lowest BCUT2D eigenvalue weighted by molar-refractivity contribution is 0.0696. The first kappa shape index (κ1) is 14.1. The van der Waals surface area contributed by atoms with Gasteiger partial charge in [0.15, 0.2) is 0 Å². The molecule has 3 rings (SSSR count). The Bertz CT molecular complexity index is 712. The lowest BCUT2D eigenvalue weighted by Gasteiger charge is -2.16. The minimum absolute atomic E-state index is 0.351. The van der Waals surface area contributed by atoms with Gasteiger partial charge in [0.1, 0.15) is 0 Å². The highest BCUT2D eigenvalue weighted by Gasteiger charge is 2.20. The zero-order chi connectivity index (χ0) is 15.0. The van der Waals surface area contributed by atoms with E-state index in [1.165, 1.54) is 5.56 Å². The van der Waals surface area contributed by atoms with Gasteiger partial charge in [-0.3, -0.25) is 4.90 Å². The predicted octanol–water partition coefficient (Wildman–Crippen LogP) is 3.86. The van der Waals surface area contributed by atoms with Gasteiger partial charge in [-0.15, -0.1) is 0 Å². The monoisotopic (exact) mass is 301 g/mol. The van der Waals surface area contributed by atoms with Crippen molar-refractivity contribution in [2.24, 2.45) is 0 Å². The molecule has 0 aliphatic carbocycles. The number of carboxylic acid groups (broad SMARTS) is 1. The molecule has 0 amide bonds. The zero-order valence-corrected chi connectivity index (χ0v) is 12.5. The van der Waals surface area contributed by atoms with Crippen molar-refractivity contribution in [2.75, 3.05) is 0 Å². The molecule has 1 aliphatic rings. The van der Waals surface area contributed by atoms with Gasteiger partial charge in [0.2, 0.25) is 0 Å². The van der Waals surface area contributed by atoms with E-state index in [2.05, 4.69) is 17.0 Å². The largest absolute Gasteiger partial charge is 0.478 e. The van der Waals surface area contributed by atoms with Gasteiger partial charge in [0.25, 0.3) is 0 Å². The highest BCUT2D eigenvalue weighted by Crippen LogP contribution is 2.27. The van der Waals surface area contributed by atoms with Gasteiger partial charge in [-0.05, 0) is 47.4 Å². The molecule has 108 valence electrons. The molecule has 0 unspecified atom stereocenters. The first-order valence-corrected chi connectivity index (χ1v) is 7.23. The summed E-state index contributed by atoms with van der Waals surface area (Å²) in [5, 5.41) is 9.84. The van der Waals surface area contributed by atoms with Crippen LogP contribution in [0.5, 0.6) is 0 Å². The number of hydrogen-bond acceptors (Lipinski definition) is 2. The second-order valence-electron chi connectivity index (χ2n) is 5.53. The van der Waals surface area contributed by atoms with Crippen LogP contribution in [0.25, 0.3) is 0 Å². The Morgan fingerprint density at radius 3 is 2.67 bits per heavy atom. The van der Waals surface area contributed by atoms with Crippen molar-refractivity contribution in [3.63, 3.8) is 0 Å². The second kappa shape index (κ2) is 5.51. The normalized spacial score (nSPS) is 14.2. The Morgan fingerprint density at radius 1 is 1.19 bits per heavy atom. The third-order valence-corrected chi connectivity index (χ3v) is 4.20. The molecule has 1 aliphatic heterocycles. The fourth-order valence-electron chi connectivity index (χ4n) is 2.73. The maximum absolute atomic E-state index is 11.0. The van der Waals surface area contributed by atoms with E-state index in [4.69, 9.17) is 16.7 Å². The molecule has 0 atom stereocenters. The molecule has 3 nitrogen and oxygen atoms in total. The molecule has 2 aromatic rings. The lowest BCUT2D eigenvalue weighted by atomic mass is 10.1. The van der Waals surface area contributed by atoms with Crippen LogP contribution in [0.15, 0.2) is 36.4 Å². The Kier molecular flexibility index (Phi) is 3.70. The van der Waals surface area contributed by atoms with Gasteiger partial charge >= 0.3 is 5.97 Å². The summed E-state index contributed by atoms with van der Waals surface area (Å²) in [6.45, 7) is 4.39. The summed E-state index contributed by atoms with van der Waals surface area (Å²) in [5.74, 6) is -0.877. The van der Waals surface area contributed by atoms with E-state index in [1.807, 2.05) is 19.1 Å². The van der Waals surface area contributed by atoms with Crippen LogP contribution in [0, 0.1) is 6.92 Å². The summed E-state index contributed by atoms with van der Waals surface area (Å²) in [7, 11) is 0. The summed E-state index contributed by atoms with van der Waals surface area (Å²) in [6.07, 6.45) is 0. The maximum Gasteiger partial charge on any atom is 0.335 e. The molecule has 0 radical (unpaired) electrons. The SMILES string of the molecule is Cc1ccc(CN2Cc3ccc(C(=O)O)cc3C2)c(Cl)c1. The van der Waals surface area contributed by atoms with Crippen LogP contribution in [-0.4, -0.2) is 16.0 Å². The van der Waals surface area contributed by atoms with Crippen molar-refractivity contribution in [1.82, 2.24) is 4.90 Å². The number of hydrogen-bond donors (Lipinski definition) is 1. The standard InChI is InChI=1S/C17H16ClNO2/c1-11-2-3-14(16(18)6-11)9-19-8-13-5-4-12(17(20)21)7-15(13)10-19/h2-7H,8-10H2,1H3,(H,20,21). The van der Waals surface area contributed by atoms with Gasteiger partial charge in [-0.25, -0.2) is 4.79 Å². The lowest BCUT2D eigenvalue weighted by Crippen LogP contribution is -2.15. The number of carbonyl (C=O) groups is 1. The average Bonchev–Trinajstić information content (AvgIpc) is 2.83. The molecular formula is C17H16ClNO2. The summed E-state index contributed by atoms with van der Waals surface area (Å²) in [4.78, 5) is 13.3. The molecule has 0 saturated heterocycles. The van der Waals surface area contributed by atoms with Crippen LogP contribution in [0.2, 0.25) is 5.02 Å². The summed E-state index contributed by atoms with van der Waals surface area (Å²) in [5.41, 5.74) is 4.90.